The molecule has 0 aliphatic rings. The Morgan fingerprint density at radius 3 is 2.67 bits per heavy atom. The third-order valence-corrected chi connectivity index (χ3v) is 3.08. The van der Waals surface area contributed by atoms with Gasteiger partial charge in [-0.3, -0.25) is 4.98 Å². The summed E-state index contributed by atoms with van der Waals surface area (Å²) in [5.41, 5.74) is 7.78. The van der Waals surface area contributed by atoms with Gasteiger partial charge >= 0.3 is 0 Å². The van der Waals surface area contributed by atoms with E-state index in [0.29, 0.717) is 19.8 Å². The lowest BCUT2D eigenvalue weighted by Gasteiger charge is -2.13. The zero-order valence-electron chi connectivity index (χ0n) is 12.4. The van der Waals surface area contributed by atoms with Gasteiger partial charge in [0, 0.05) is 18.3 Å². The number of ether oxygens (including phenoxy) is 2. The van der Waals surface area contributed by atoms with Crippen LogP contribution in [0.1, 0.15) is 18.2 Å². The van der Waals surface area contributed by atoms with E-state index in [1.54, 1.807) is 6.20 Å². The molecule has 0 aliphatic carbocycles. The van der Waals surface area contributed by atoms with Crippen molar-refractivity contribution in [3.8, 4) is 11.5 Å². The third kappa shape index (κ3) is 4.76. The molecule has 1 aromatic heterocycles. The van der Waals surface area contributed by atoms with E-state index in [9.17, 15) is 0 Å². The van der Waals surface area contributed by atoms with Crippen molar-refractivity contribution in [1.29, 1.82) is 0 Å². The number of aromatic nitrogens is 1. The molecule has 1 aromatic carbocycles. The Morgan fingerprint density at radius 1 is 1.05 bits per heavy atom. The Labute approximate surface area is 125 Å². The number of rotatable bonds is 8. The molecule has 0 atom stereocenters. The van der Waals surface area contributed by atoms with Gasteiger partial charge in [-0.25, -0.2) is 0 Å². The van der Waals surface area contributed by atoms with Gasteiger partial charge in [0.1, 0.15) is 0 Å². The maximum atomic E-state index is 5.83. The standard InChI is InChI=1S/C17H22N2O2/c1-2-20-17-13-14(8-10-18)6-7-16(17)21-12-9-15-5-3-4-11-19-15/h3-7,11,13H,2,8-10,12,18H2,1H3. The Balaban J connectivity index is 1.98. The number of hydrogen-bond donors (Lipinski definition) is 1. The summed E-state index contributed by atoms with van der Waals surface area (Å²) in [6, 6.07) is 11.9. The van der Waals surface area contributed by atoms with Crippen molar-refractivity contribution < 1.29 is 9.47 Å². The molecule has 1 heterocycles. The Hall–Kier alpha value is -2.07. The van der Waals surface area contributed by atoms with Crippen LogP contribution in [-0.2, 0) is 12.8 Å². The Kier molecular flexibility index (Phi) is 6.03. The van der Waals surface area contributed by atoms with Crippen LogP contribution in [0.4, 0.5) is 0 Å². The van der Waals surface area contributed by atoms with Gasteiger partial charge in [0.25, 0.3) is 0 Å². The maximum absolute atomic E-state index is 5.83. The molecule has 0 amide bonds. The van der Waals surface area contributed by atoms with Crippen LogP contribution in [0, 0.1) is 0 Å². The predicted molar refractivity (Wildman–Crippen MR) is 83.8 cm³/mol. The minimum atomic E-state index is 0.577. The van der Waals surface area contributed by atoms with Crippen LogP contribution < -0.4 is 15.2 Å². The molecule has 0 saturated carbocycles. The van der Waals surface area contributed by atoms with Gasteiger partial charge in [0.2, 0.25) is 0 Å². The largest absolute Gasteiger partial charge is 0.490 e. The van der Waals surface area contributed by atoms with Gasteiger partial charge in [0.05, 0.1) is 13.2 Å². The smallest absolute Gasteiger partial charge is 0.161 e. The second-order valence-electron chi connectivity index (χ2n) is 4.67. The molecule has 112 valence electrons. The average Bonchev–Trinajstić information content (AvgIpc) is 2.51. The topological polar surface area (TPSA) is 57.4 Å². The molecule has 0 aliphatic heterocycles. The summed E-state index contributed by atoms with van der Waals surface area (Å²) in [6.45, 7) is 3.79. The zero-order chi connectivity index (χ0) is 14.9. The minimum absolute atomic E-state index is 0.577. The molecule has 2 N–H and O–H groups in total. The van der Waals surface area contributed by atoms with Crippen molar-refractivity contribution in [1.82, 2.24) is 4.98 Å². The highest BCUT2D eigenvalue weighted by atomic mass is 16.5. The van der Waals surface area contributed by atoms with E-state index < -0.39 is 0 Å². The molecule has 4 heteroatoms. The summed E-state index contributed by atoms with van der Waals surface area (Å²) in [5, 5.41) is 0. The number of benzene rings is 1. The summed E-state index contributed by atoms with van der Waals surface area (Å²) in [5.74, 6) is 1.55. The predicted octanol–water partition coefficient (Wildman–Crippen LogP) is 2.60. The molecule has 0 unspecified atom stereocenters. The molecule has 2 rings (SSSR count). The second kappa shape index (κ2) is 8.27. The third-order valence-electron chi connectivity index (χ3n) is 3.08. The van der Waals surface area contributed by atoms with E-state index in [-0.39, 0.29) is 0 Å². The van der Waals surface area contributed by atoms with Gasteiger partial charge in [-0.05, 0) is 49.7 Å². The molecule has 4 nitrogen and oxygen atoms in total. The molecular weight excluding hydrogens is 264 g/mol. The van der Waals surface area contributed by atoms with Gasteiger partial charge in [0.15, 0.2) is 11.5 Å². The molecule has 0 radical (unpaired) electrons. The van der Waals surface area contributed by atoms with E-state index in [1.165, 1.54) is 0 Å². The summed E-state index contributed by atoms with van der Waals surface area (Å²) in [4.78, 5) is 4.28. The van der Waals surface area contributed by atoms with Crippen molar-refractivity contribution in [2.45, 2.75) is 19.8 Å². The van der Waals surface area contributed by atoms with E-state index in [4.69, 9.17) is 15.2 Å². The van der Waals surface area contributed by atoms with Gasteiger partial charge in [-0.1, -0.05) is 12.1 Å². The molecule has 2 aromatic rings. The van der Waals surface area contributed by atoms with Gasteiger partial charge in [-0.15, -0.1) is 0 Å². The zero-order valence-corrected chi connectivity index (χ0v) is 12.4. The first-order valence-electron chi connectivity index (χ1n) is 7.32. The van der Waals surface area contributed by atoms with Crippen molar-refractivity contribution in [2.75, 3.05) is 19.8 Å². The summed E-state index contributed by atoms with van der Waals surface area (Å²) in [7, 11) is 0. The van der Waals surface area contributed by atoms with Crippen LogP contribution >= 0.6 is 0 Å². The summed E-state index contributed by atoms with van der Waals surface area (Å²) >= 11 is 0. The fourth-order valence-corrected chi connectivity index (χ4v) is 2.07. The monoisotopic (exact) mass is 286 g/mol. The SMILES string of the molecule is CCOc1cc(CCN)ccc1OCCc1ccccn1. The number of nitrogens with two attached hydrogens (primary N) is 1. The quantitative estimate of drug-likeness (QED) is 0.810. The first-order valence-corrected chi connectivity index (χ1v) is 7.32. The molecule has 0 saturated heterocycles. The minimum Gasteiger partial charge on any atom is -0.490 e. The lowest BCUT2D eigenvalue weighted by Crippen LogP contribution is -2.06. The lowest BCUT2D eigenvalue weighted by atomic mass is 10.1. The molecule has 0 spiro atoms. The van der Waals surface area contributed by atoms with Crippen LogP contribution in [0.25, 0.3) is 0 Å². The van der Waals surface area contributed by atoms with Crippen LogP contribution in [0.5, 0.6) is 11.5 Å². The fraction of sp³-hybridized carbons (Fsp3) is 0.353. The molecule has 0 bridgehead atoms. The molecule has 0 fully saturated rings. The Bertz CT molecular complexity index is 544. The van der Waals surface area contributed by atoms with E-state index in [2.05, 4.69) is 4.98 Å². The second-order valence-corrected chi connectivity index (χ2v) is 4.67. The summed E-state index contributed by atoms with van der Waals surface area (Å²) in [6.07, 6.45) is 3.41. The molecule has 21 heavy (non-hydrogen) atoms. The van der Waals surface area contributed by atoms with E-state index in [0.717, 1.165) is 35.6 Å². The molecular formula is C17H22N2O2. The fourth-order valence-electron chi connectivity index (χ4n) is 2.07. The highest BCUT2D eigenvalue weighted by Gasteiger charge is 2.06. The van der Waals surface area contributed by atoms with Crippen LogP contribution in [0.15, 0.2) is 42.6 Å². The van der Waals surface area contributed by atoms with Crippen LogP contribution in [0.2, 0.25) is 0 Å². The van der Waals surface area contributed by atoms with Crippen LogP contribution in [-0.4, -0.2) is 24.7 Å². The average molecular weight is 286 g/mol. The van der Waals surface area contributed by atoms with Crippen molar-refractivity contribution in [3.63, 3.8) is 0 Å². The van der Waals surface area contributed by atoms with Crippen LogP contribution in [0.3, 0.4) is 0 Å². The lowest BCUT2D eigenvalue weighted by molar-refractivity contribution is 0.278. The van der Waals surface area contributed by atoms with Crippen molar-refractivity contribution in [2.24, 2.45) is 5.73 Å². The normalized spacial score (nSPS) is 10.4. The Morgan fingerprint density at radius 2 is 1.95 bits per heavy atom. The highest BCUT2D eigenvalue weighted by Crippen LogP contribution is 2.28. The number of pyridine rings is 1. The van der Waals surface area contributed by atoms with E-state index >= 15 is 0 Å². The maximum Gasteiger partial charge on any atom is 0.161 e. The van der Waals surface area contributed by atoms with Gasteiger partial charge in [-0.2, -0.15) is 0 Å². The highest BCUT2D eigenvalue weighted by molar-refractivity contribution is 5.43. The summed E-state index contributed by atoms with van der Waals surface area (Å²) < 4.78 is 11.5. The number of hydrogen-bond acceptors (Lipinski definition) is 4. The van der Waals surface area contributed by atoms with Crippen molar-refractivity contribution >= 4 is 0 Å². The van der Waals surface area contributed by atoms with E-state index in [1.807, 2.05) is 43.3 Å². The first kappa shape index (κ1) is 15.3. The first-order chi connectivity index (χ1) is 10.3. The van der Waals surface area contributed by atoms with Gasteiger partial charge < -0.3 is 15.2 Å². The van der Waals surface area contributed by atoms with Crippen molar-refractivity contribution in [3.05, 3.63) is 53.9 Å². The number of nitrogens with zero attached hydrogens (tertiary/aromatic N) is 1.